The first-order valence-corrected chi connectivity index (χ1v) is 10.4. The number of anilines is 1. The number of aliphatic hydroxyl groups excluding tert-OH is 1. The van der Waals surface area contributed by atoms with Gasteiger partial charge in [0.1, 0.15) is 11.6 Å². The molecule has 0 radical (unpaired) electrons. The number of carbonyl (C=O) groups excluding carboxylic acids is 2. The van der Waals surface area contributed by atoms with Crippen LogP contribution in [0.5, 0.6) is 0 Å². The molecule has 2 aromatic rings. The van der Waals surface area contributed by atoms with E-state index < -0.39 is 17.7 Å². The Morgan fingerprint density at radius 3 is 2.43 bits per heavy atom. The molecule has 5 N–H and O–H groups in total. The lowest BCUT2D eigenvalue weighted by molar-refractivity contribution is -0.123. The molecule has 0 fully saturated rings. The van der Waals surface area contributed by atoms with Crippen molar-refractivity contribution in [1.82, 2.24) is 10.6 Å². The smallest absolute Gasteiger partial charge is 0.408 e. The molecule has 7 heteroatoms. The number of hydrogen-bond acceptors (Lipinski definition) is 5. The summed E-state index contributed by atoms with van der Waals surface area (Å²) in [5.41, 5.74) is 7.00. The summed E-state index contributed by atoms with van der Waals surface area (Å²) in [5.74, 6) is -0.272. The van der Waals surface area contributed by atoms with Gasteiger partial charge in [-0.3, -0.25) is 4.79 Å². The minimum atomic E-state index is -0.787. The van der Waals surface area contributed by atoms with Crippen molar-refractivity contribution in [3.8, 4) is 0 Å². The van der Waals surface area contributed by atoms with Gasteiger partial charge in [-0.05, 0) is 57.0 Å². The van der Waals surface area contributed by atoms with Gasteiger partial charge >= 0.3 is 6.09 Å². The summed E-state index contributed by atoms with van der Waals surface area (Å²) in [4.78, 5) is 25.2. The number of ether oxygens (including phenoxy) is 1. The van der Waals surface area contributed by atoms with E-state index >= 15 is 0 Å². The molecule has 2 amide bonds. The summed E-state index contributed by atoms with van der Waals surface area (Å²) in [6.07, 6.45) is 1.96. The Morgan fingerprint density at radius 2 is 1.77 bits per heavy atom. The zero-order chi connectivity index (χ0) is 22.1. The summed E-state index contributed by atoms with van der Waals surface area (Å²) in [6, 6.07) is 10.6. The van der Waals surface area contributed by atoms with Crippen molar-refractivity contribution in [3.05, 3.63) is 42.0 Å². The normalized spacial score (nSPS) is 12.4. The van der Waals surface area contributed by atoms with Crippen molar-refractivity contribution in [2.45, 2.75) is 58.1 Å². The largest absolute Gasteiger partial charge is 0.444 e. The fourth-order valence-corrected chi connectivity index (χ4v) is 3.19. The highest BCUT2D eigenvalue weighted by Crippen LogP contribution is 2.25. The summed E-state index contributed by atoms with van der Waals surface area (Å²) in [5, 5.41) is 16.3. The summed E-state index contributed by atoms with van der Waals surface area (Å²) in [6.45, 7) is 5.94. The first kappa shape index (κ1) is 23.5. The van der Waals surface area contributed by atoms with E-state index in [2.05, 4.69) is 10.6 Å². The van der Waals surface area contributed by atoms with Crippen LogP contribution in [0.3, 0.4) is 0 Å². The van der Waals surface area contributed by atoms with Crippen LogP contribution in [0.2, 0.25) is 0 Å². The Labute approximate surface area is 178 Å². The maximum absolute atomic E-state index is 12.8. The number of nitrogens with one attached hydrogen (secondary N) is 2. The molecule has 30 heavy (non-hydrogen) atoms. The molecule has 0 saturated heterocycles. The molecule has 0 heterocycles. The van der Waals surface area contributed by atoms with Gasteiger partial charge in [0, 0.05) is 30.6 Å². The maximum atomic E-state index is 12.8. The Hall–Kier alpha value is -2.80. The van der Waals surface area contributed by atoms with Crippen molar-refractivity contribution < 1.29 is 19.4 Å². The molecule has 0 aliphatic rings. The number of rotatable bonds is 9. The standard InChI is InChI=1S/C23H33N3O4/c1-23(2,3)30-22(29)26-20(21(28)25-13-7-4-8-14-27)15-16-11-12-19(24)18-10-6-5-9-17(16)18/h5-6,9-12,20,27H,4,7-8,13-15,24H2,1-3H3,(H,25,28)(H,26,29)/t20-/m0/s1. The molecule has 0 aliphatic heterocycles. The molecule has 2 aromatic carbocycles. The van der Waals surface area contributed by atoms with Crippen LogP contribution in [-0.2, 0) is 16.0 Å². The second-order valence-electron chi connectivity index (χ2n) is 8.34. The predicted molar refractivity (Wildman–Crippen MR) is 119 cm³/mol. The van der Waals surface area contributed by atoms with Crippen LogP contribution in [0.1, 0.15) is 45.6 Å². The predicted octanol–water partition coefficient (Wildman–Crippen LogP) is 3.14. The molecule has 0 unspecified atom stereocenters. The monoisotopic (exact) mass is 415 g/mol. The number of benzene rings is 2. The zero-order valence-electron chi connectivity index (χ0n) is 18.0. The van der Waals surface area contributed by atoms with Crippen LogP contribution >= 0.6 is 0 Å². The van der Waals surface area contributed by atoms with Gasteiger partial charge in [-0.2, -0.15) is 0 Å². The third kappa shape index (κ3) is 7.22. The number of aliphatic hydroxyl groups is 1. The van der Waals surface area contributed by atoms with E-state index in [1.54, 1.807) is 20.8 Å². The van der Waals surface area contributed by atoms with Crippen LogP contribution in [0.15, 0.2) is 36.4 Å². The molecule has 2 rings (SSSR count). The lowest BCUT2D eigenvalue weighted by Crippen LogP contribution is -2.49. The first-order valence-electron chi connectivity index (χ1n) is 10.4. The number of nitrogens with two attached hydrogens (primary N) is 1. The SMILES string of the molecule is CC(C)(C)OC(=O)N[C@@H](Cc1ccc(N)c2ccccc12)C(=O)NCCCCCO. The fraction of sp³-hybridized carbons (Fsp3) is 0.478. The Bertz CT molecular complexity index is 861. The van der Waals surface area contributed by atoms with E-state index in [0.29, 0.717) is 25.1 Å². The first-order chi connectivity index (χ1) is 14.2. The molecule has 164 valence electrons. The quantitative estimate of drug-likeness (QED) is 0.371. The molecule has 0 aliphatic carbocycles. The van der Waals surface area contributed by atoms with E-state index in [-0.39, 0.29) is 12.5 Å². The van der Waals surface area contributed by atoms with E-state index in [1.165, 1.54) is 0 Å². The highest BCUT2D eigenvalue weighted by atomic mass is 16.6. The number of amides is 2. The highest BCUT2D eigenvalue weighted by Gasteiger charge is 2.25. The summed E-state index contributed by atoms with van der Waals surface area (Å²) < 4.78 is 5.34. The summed E-state index contributed by atoms with van der Waals surface area (Å²) in [7, 11) is 0. The lowest BCUT2D eigenvalue weighted by Gasteiger charge is -2.24. The molecular formula is C23H33N3O4. The molecule has 0 saturated carbocycles. The third-order valence-corrected chi connectivity index (χ3v) is 4.61. The van der Waals surface area contributed by atoms with Crippen LogP contribution in [-0.4, -0.2) is 41.9 Å². The molecule has 7 nitrogen and oxygen atoms in total. The average molecular weight is 416 g/mol. The van der Waals surface area contributed by atoms with E-state index in [0.717, 1.165) is 29.2 Å². The second kappa shape index (κ2) is 10.8. The number of fused-ring (bicyclic) bond motifs is 1. The van der Waals surface area contributed by atoms with Gasteiger partial charge < -0.3 is 26.2 Å². The average Bonchev–Trinajstić information content (AvgIpc) is 2.68. The second-order valence-corrected chi connectivity index (χ2v) is 8.34. The zero-order valence-corrected chi connectivity index (χ0v) is 18.0. The highest BCUT2D eigenvalue weighted by molar-refractivity contribution is 5.96. The van der Waals surface area contributed by atoms with Crippen molar-refractivity contribution in [3.63, 3.8) is 0 Å². The van der Waals surface area contributed by atoms with Gasteiger partial charge in [0.25, 0.3) is 0 Å². The van der Waals surface area contributed by atoms with E-state index in [1.807, 2.05) is 36.4 Å². The van der Waals surface area contributed by atoms with Crippen LogP contribution < -0.4 is 16.4 Å². The number of hydrogen-bond donors (Lipinski definition) is 4. The van der Waals surface area contributed by atoms with Gasteiger partial charge in [0.2, 0.25) is 5.91 Å². The lowest BCUT2D eigenvalue weighted by atomic mass is 9.97. The summed E-state index contributed by atoms with van der Waals surface area (Å²) >= 11 is 0. The Balaban J connectivity index is 2.17. The van der Waals surface area contributed by atoms with Gasteiger partial charge in [0.15, 0.2) is 0 Å². The van der Waals surface area contributed by atoms with Crippen molar-refractivity contribution in [2.24, 2.45) is 0 Å². The Morgan fingerprint density at radius 1 is 1.07 bits per heavy atom. The number of unbranched alkanes of at least 4 members (excludes halogenated alkanes) is 2. The molecular weight excluding hydrogens is 382 g/mol. The Kier molecular flexibility index (Phi) is 8.47. The van der Waals surface area contributed by atoms with Crippen LogP contribution in [0.4, 0.5) is 10.5 Å². The molecule has 1 atom stereocenters. The fourth-order valence-electron chi connectivity index (χ4n) is 3.19. The van der Waals surface area contributed by atoms with Gasteiger partial charge in [-0.1, -0.05) is 30.3 Å². The van der Waals surface area contributed by atoms with Gasteiger partial charge in [-0.25, -0.2) is 4.79 Å². The van der Waals surface area contributed by atoms with Gasteiger partial charge in [-0.15, -0.1) is 0 Å². The molecule has 0 bridgehead atoms. The van der Waals surface area contributed by atoms with Crippen LogP contribution in [0, 0.1) is 0 Å². The third-order valence-electron chi connectivity index (χ3n) is 4.61. The maximum Gasteiger partial charge on any atom is 0.408 e. The van der Waals surface area contributed by atoms with Crippen LogP contribution in [0.25, 0.3) is 10.8 Å². The topological polar surface area (TPSA) is 114 Å². The van der Waals surface area contributed by atoms with Crippen molar-refractivity contribution >= 4 is 28.5 Å². The minimum Gasteiger partial charge on any atom is -0.444 e. The van der Waals surface area contributed by atoms with Crippen molar-refractivity contribution in [2.75, 3.05) is 18.9 Å². The number of alkyl carbamates (subject to hydrolysis) is 1. The molecule has 0 spiro atoms. The molecule has 0 aromatic heterocycles. The van der Waals surface area contributed by atoms with E-state index in [4.69, 9.17) is 15.6 Å². The number of nitrogen functional groups attached to an aromatic ring is 1. The number of carbonyl (C=O) groups is 2. The van der Waals surface area contributed by atoms with Crippen molar-refractivity contribution in [1.29, 1.82) is 0 Å². The van der Waals surface area contributed by atoms with E-state index in [9.17, 15) is 9.59 Å². The minimum absolute atomic E-state index is 0.140. The van der Waals surface area contributed by atoms with Gasteiger partial charge in [0.05, 0.1) is 0 Å².